The third-order valence-electron chi connectivity index (χ3n) is 23.3. The molecule has 2 saturated heterocycles. The zero-order chi connectivity index (χ0) is 104. The van der Waals surface area contributed by atoms with Gasteiger partial charge in [0.15, 0.2) is 5.96 Å². The van der Waals surface area contributed by atoms with Crippen molar-refractivity contribution in [3.8, 4) is 0 Å². The normalized spacial score (nSPS) is 18.5. The summed E-state index contributed by atoms with van der Waals surface area (Å²) in [5.74, 6) is -19.8. The number of guanidine groups is 1. The van der Waals surface area contributed by atoms with Crippen molar-refractivity contribution in [2.24, 2.45) is 10.7 Å². The number of aliphatic carboxylic acids is 3. The number of carboxylic acid groups (broad SMARTS) is 3. The fourth-order valence-corrected chi connectivity index (χ4v) is 15.7. The molecule has 16 amide bonds. The average molecular weight is 2010 g/mol. The van der Waals surface area contributed by atoms with E-state index >= 15 is 9.59 Å². The van der Waals surface area contributed by atoms with Crippen molar-refractivity contribution >= 4 is 135 Å². The molecular formula is C91H144N22O29. The molecule has 4 heterocycles. The molecule has 0 spiro atoms. The number of aromatic amines is 1. The predicted octanol–water partition coefficient (Wildman–Crippen LogP) is -6.32. The Hall–Kier alpha value is -13.0. The molecule has 28 N–H and O–H groups in total. The number of hydrogen-bond donors (Lipinski definition) is 27. The highest BCUT2D eigenvalue weighted by Gasteiger charge is 2.42. The number of benzene rings is 1. The second kappa shape index (κ2) is 67.5. The average Bonchev–Trinajstić information content (AvgIpc) is 1.66. The van der Waals surface area contributed by atoms with Crippen molar-refractivity contribution in [1.29, 1.82) is 5.41 Å². The molecule has 5 rings (SSSR count). The van der Waals surface area contributed by atoms with Crippen LogP contribution in [0.2, 0.25) is 0 Å². The number of nitrogens with zero attached hydrogens (tertiary/aromatic N) is 3. The number of amides is 16. The minimum absolute atomic E-state index is 0.0125. The van der Waals surface area contributed by atoms with Crippen molar-refractivity contribution in [1.82, 2.24) is 99.9 Å². The predicted molar refractivity (Wildman–Crippen MR) is 509 cm³/mol. The van der Waals surface area contributed by atoms with Crippen LogP contribution in [0.1, 0.15) is 192 Å². The van der Waals surface area contributed by atoms with Crippen molar-refractivity contribution in [3.05, 3.63) is 47.8 Å². The molecule has 0 unspecified atom stereocenters. The zero-order valence-corrected chi connectivity index (χ0v) is 80.3. The second-order valence-electron chi connectivity index (χ2n) is 34.6. The number of fused-ring (bicyclic) bond motifs is 1. The lowest BCUT2D eigenvalue weighted by Gasteiger charge is -2.31. The van der Waals surface area contributed by atoms with Crippen LogP contribution in [0.15, 0.2) is 47.2 Å². The highest BCUT2D eigenvalue weighted by atomic mass is 16.5. The summed E-state index contributed by atoms with van der Waals surface area (Å²) in [6.45, 7) is -7.27. The fraction of sp³-hybridized carbons (Fsp3) is 0.659. The van der Waals surface area contributed by atoms with Gasteiger partial charge in [-0.2, -0.15) is 0 Å². The van der Waals surface area contributed by atoms with E-state index in [1.807, 2.05) is 0 Å². The van der Waals surface area contributed by atoms with Gasteiger partial charge in [0.1, 0.15) is 72.5 Å². The fourth-order valence-electron chi connectivity index (χ4n) is 15.7. The maximum absolute atomic E-state index is 15.3. The summed E-state index contributed by atoms with van der Waals surface area (Å²) in [4.78, 5) is 267. The van der Waals surface area contributed by atoms with Crippen LogP contribution in [0, 0.1) is 5.41 Å². The number of H-pyrrole nitrogens is 1. The molecule has 0 aliphatic carbocycles. The third kappa shape index (κ3) is 46.6. The second-order valence-corrected chi connectivity index (χ2v) is 34.6. The van der Waals surface area contributed by atoms with E-state index in [9.17, 15) is 117 Å². The Balaban J connectivity index is 1.23. The molecule has 2 fully saturated rings. The summed E-state index contributed by atoms with van der Waals surface area (Å²) >= 11 is 0. The highest BCUT2D eigenvalue weighted by molar-refractivity contribution is 6.01. The largest absolute Gasteiger partial charge is 0.481 e. The quantitative estimate of drug-likeness (QED) is 0.0166. The van der Waals surface area contributed by atoms with Gasteiger partial charge in [-0.05, 0) is 88.8 Å². The van der Waals surface area contributed by atoms with Crippen LogP contribution < -0.4 is 90.8 Å². The minimum Gasteiger partial charge on any atom is -0.481 e. The summed E-state index contributed by atoms with van der Waals surface area (Å²) in [6, 6.07) is -13.9. The first-order chi connectivity index (χ1) is 68.1. The molecule has 3 aliphatic heterocycles. The molecule has 1 aromatic heterocycles. The van der Waals surface area contributed by atoms with Crippen molar-refractivity contribution < 1.29 is 141 Å². The minimum atomic E-state index is -2.09. The van der Waals surface area contributed by atoms with Crippen molar-refractivity contribution in [3.63, 3.8) is 0 Å². The maximum atomic E-state index is 15.3. The molecule has 2 aromatic rings. The van der Waals surface area contributed by atoms with Crippen LogP contribution in [0.4, 0.5) is 0 Å². The van der Waals surface area contributed by atoms with Gasteiger partial charge in [-0.1, -0.05) is 101 Å². The Morgan fingerprint density at radius 1 is 0.528 bits per heavy atom. The molecule has 0 bridgehead atoms. The topological polar surface area (TPSA) is 782 Å². The van der Waals surface area contributed by atoms with Gasteiger partial charge in [0.2, 0.25) is 94.5 Å². The number of nitrogens with two attached hydrogens (primary N) is 1. The van der Waals surface area contributed by atoms with E-state index in [0.29, 0.717) is 35.0 Å². The van der Waals surface area contributed by atoms with Gasteiger partial charge in [-0.15, -0.1) is 0 Å². The first-order valence-corrected chi connectivity index (χ1v) is 48.2. The lowest BCUT2D eigenvalue weighted by Crippen LogP contribution is -2.62. The maximum Gasteiger partial charge on any atom is 0.317 e. The Morgan fingerprint density at radius 3 is 1.60 bits per heavy atom. The number of nitrogens with one attached hydrogen (secondary N) is 18. The number of aliphatic hydroxyl groups excluding tert-OH is 5. The van der Waals surface area contributed by atoms with Crippen LogP contribution in [-0.4, -0.2) is 371 Å². The number of aromatic nitrogens is 1. The van der Waals surface area contributed by atoms with E-state index in [2.05, 4.69) is 95.0 Å². The Kier molecular flexibility index (Phi) is 56.8. The summed E-state index contributed by atoms with van der Waals surface area (Å²) in [5, 5.41) is 127. The van der Waals surface area contributed by atoms with E-state index in [1.54, 1.807) is 42.8 Å². The van der Waals surface area contributed by atoms with Crippen LogP contribution in [-0.2, 0) is 107 Å². The SMILES string of the molecule is CC(=O)N[C@H]1CCNC(=O)CC[C@@H](C(=O)N2CCC[C@H]2C(=O)N[C@@H](CO)C(=O)N[C@@H](CO)C(=O)N[C@@H](CO)C(=O)N[C@@H](CCCCN(CC(=O)O)CC(=O)O)C(=O)N[C@@H](CO)C(=O)N[C@@H](CO)C(=O)NCCOCCOCCNC(=O)CCCCCCCCCCCCCCCCC(=O)O)NC(=O)[C@H](Cc2c[nH]c3ccccc23)NC(=O)[C@H](CCCNC(=N)N)NC(=O)CNC(=O)[C@H](CC2=CCC=N2)NC1=O. The molecular weight excluding hydrogens is 1870 g/mol. The van der Waals surface area contributed by atoms with Crippen LogP contribution in [0.25, 0.3) is 10.9 Å². The van der Waals surface area contributed by atoms with E-state index in [4.69, 9.17) is 25.7 Å². The lowest BCUT2D eigenvalue weighted by molar-refractivity contribution is -0.143. The summed E-state index contributed by atoms with van der Waals surface area (Å²) < 4.78 is 11.0. The van der Waals surface area contributed by atoms with E-state index in [-0.39, 0.29) is 136 Å². The first-order valence-electron chi connectivity index (χ1n) is 48.2. The molecule has 12 atom stereocenters. The standard InChI is InChI=1S/C91H144N22O29/c1-56(119)101-63-33-36-95-74(121)32-31-64(104-84(134)65(45-57-47-99-60-25-17-16-24-59(57)60)105-81(131)61(27-21-35-98-91(92)93)102-75(122)48-100-79(129)66(106-83(63)133)46-58-23-20-34-94-58)90(140)113-40-22-28-72(113)89(139)111-71(55-118)88(138)110-70(54-117)87(137)109-68(52-115)85(135)103-62(26-18-19-39-112(49-77(125)126)50-78(127)128)82(132)108-69(53-116)86(136)107-67(51-114)80(130)97-38-42-142-44-43-141-41-37-96-73(120)29-14-12-10-8-6-4-2-3-5-7-9-11-13-15-30-76(123)124/h16-17,23-25,34,47,61-72,99,114-118H,2-15,18-22,26-33,35-46,48-55H2,1H3,(H,95,121)(H,96,120)(H,97,130)(H,100,129)(H,101,119)(H,102,122)(H,103,135)(H,104,134)(H,105,131)(H,106,133)(H,107,136)(H,108,132)(H,109,137)(H,110,138)(H,111,139)(H,123,124)(H,125,126)(H,127,128)(H4,92,93,98)/t61-,62-,63-,64-,65-,66-,67-,68-,69-,70-,71-,72-/m0/s1. The summed E-state index contributed by atoms with van der Waals surface area (Å²) in [7, 11) is 0. The number of rotatable bonds is 63. The molecule has 142 heavy (non-hydrogen) atoms. The third-order valence-corrected chi connectivity index (χ3v) is 23.3. The van der Waals surface area contributed by atoms with Gasteiger partial charge in [-0.3, -0.25) is 106 Å². The molecule has 51 nitrogen and oxygen atoms in total. The number of aliphatic imine (C=N–C) groups is 1. The molecule has 1 aromatic carbocycles. The number of allylic oxidation sites excluding steroid dienone is 1. The molecule has 0 saturated carbocycles. The van der Waals surface area contributed by atoms with E-state index < -0.39 is 257 Å². The van der Waals surface area contributed by atoms with Gasteiger partial charge >= 0.3 is 17.9 Å². The number of unbranched alkanes of at least 4 members (excludes halogenated alkanes) is 14. The van der Waals surface area contributed by atoms with Gasteiger partial charge in [-0.25, -0.2) is 0 Å². The highest BCUT2D eigenvalue weighted by Crippen LogP contribution is 2.24. The van der Waals surface area contributed by atoms with Crippen LogP contribution in [0.3, 0.4) is 0 Å². The summed E-state index contributed by atoms with van der Waals surface area (Å²) in [5.41, 5.74) is 7.01. The number of carboxylic acids is 3. The van der Waals surface area contributed by atoms with Crippen molar-refractivity contribution in [2.75, 3.05) is 118 Å². The Morgan fingerprint density at radius 2 is 1.05 bits per heavy atom. The number of para-hydroxylation sites is 1. The molecule has 792 valence electrons. The number of aliphatic hydroxyl groups is 5. The van der Waals surface area contributed by atoms with Gasteiger partial charge in [0.05, 0.1) is 79.1 Å². The Bertz CT molecular complexity index is 4520. The van der Waals surface area contributed by atoms with Gasteiger partial charge in [0, 0.05) is 107 Å². The van der Waals surface area contributed by atoms with Crippen LogP contribution >= 0.6 is 0 Å². The number of likely N-dealkylation sites (tertiary alicyclic amines) is 1. The van der Waals surface area contributed by atoms with Crippen LogP contribution in [0.5, 0.6) is 0 Å². The Labute approximate surface area is 821 Å². The first kappa shape index (κ1) is 120. The molecule has 3 aliphatic rings. The monoisotopic (exact) mass is 2010 g/mol. The molecule has 0 radical (unpaired) electrons. The zero-order valence-electron chi connectivity index (χ0n) is 80.3. The van der Waals surface area contributed by atoms with E-state index in [0.717, 1.165) is 74.5 Å². The molecule has 51 heteroatoms. The lowest BCUT2D eigenvalue weighted by atomic mass is 10.0. The van der Waals surface area contributed by atoms with E-state index in [1.165, 1.54) is 32.1 Å². The summed E-state index contributed by atoms with van der Waals surface area (Å²) in [6.07, 6.45) is 18.2. The number of hydrogen-bond acceptors (Lipinski definition) is 29. The van der Waals surface area contributed by atoms with Crippen molar-refractivity contribution in [2.45, 2.75) is 266 Å². The van der Waals surface area contributed by atoms with Gasteiger partial charge in [0.25, 0.3) is 0 Å². The number of carbonyl (C=O) groups excluding carboxylic acids is 16. The number of carbonyl (C=O) groups is 19. The smallest absolute Gasteiger partial charge is 0.317 e. The van der Waals surface area contributed by atoms with Gasteiger partial charge < -0.3 is 151 Å². The number of ether oxygens (including phenoxy) is 2.